The van der Waals surface area contributed by atoms with Crippen molar-refractivity contribution in [1.29, 1.82) is 0 Å². The first-order valence-electron chi connectivity index (χ1n) is 7.46. The lowest BCUT2D eigenvalue weighted by Crippen LogP contribution is -2.37. The standard InChI is InChI=1S/C17H21NO2S/c1-12-9-10-15(14-7-3-2-6-13(12)14)17(18)16-8-4-5-11-21(16,19)20/h2-3,6-7,9-10,16-17H,4-5,8,11,18H2,1H3. The summed E-state index contributed by atoms with van der Waals surface area (Å²) < 4.78 is 24.6. The Bertz CT molecular complexity index is 767. The molecule has 3 rings (SSSR count). The maximum absolute atomic E-state index is 12.3. The normalized spacial score (nSPS) is 23.0. The van der Waals surface area contributed by atoms with Gasteiger partial charge >= 0.3 is 0 Å². The van der Waals surface area contributed by atoms with Crippen LogP contribution in [0, 0.1) is 6.92 Å². The van der Waals surface area contributed by atoms with E-state index in [0.29, 0.717) is 6.42 Å². The summed E-state index contributed by atoms with van der Waals surface area (Å²) in [6.07, 6.45) is 2.38. The van der Waals surface area contributed by atoms with E-state index in [0.717, 1.165) is 29.2 Å². The van der Waals surface area contributed by atoms with Crippen molar-refractivity contribution in [3.05, 3.63) is 47.5 Å². The lowest BCUT2D eigenvalue weighted by Gasteiger charge is -2.28. The topological polar surface area (TPSA) is 60.2 Å². The van der Waals surface area contributed by atoms with Crippen LogP contribution >= 0.6 is 0 Å². The molecule has 0 bridgehead atoms. The zero-order chi connectivity index (χ0) is 15.0. The third kappa shape index (κ3) is 2.58. The molecule has 2 aromatic rings. The summed E-state index contributed by atoms with van der Waals surface area (Å²) in [5.41, 5.74) is 8.52. The highest BCUT2D eigenvalue weighted by Crippen LogP contribution is 2.33. The predicted molar refractivity (Wildman–Crippen MR) is 87.0 cm³/mol. The SMILES string of the molecule is Cc1ccc(C(N)C2CCCCS2(=O)=O)c2ccccc12. The molecule has 0 amide bonds. The number of benzene rings is 2. The Morgan fingerprint density at radius 3 is 2.52 bits per heavy atom. The van der Waals surface area contributed by atoms with Gasteiger partial charge in [0, 0.05) is 6.04 Å². The molecular weight excluding hydrogens is 282 g/mol. The zero-order valence-electron chi connectivity index (χ0n) is 12.2. The van der Waals surface area contributed by atoms with Crippen LogP contribution in [0.2, 0.25) is 0 Å². The Balaban J connectivity index is 2.10. The Morgan fingerprint density at radius 2 is 1.81 bits per heavy atom. The van der Waals surface area contributed by atoms with Gasteiger partial charge in [-0.15, -0.1) is 0 Å². The van der Waals surface area contributed by atoms with Crippen LogP contribution in [-0.2, 0) is 9.84 Å². The molecule has 2 aromatic carbocycles. The molecule has 0 aromatic heterocycles. The van der Waals surface area contributed by atoms with E-state index in [1.807, 2.05) is 30.3 Å². The van der Waals surface area contributed by atoms with Gasteiger partial charge in [0.15, 0.2) is 9.84 Å². The van der Waals surface area contributed by atoms with E-state index in [-0.39, 0.29) is 5.75 Å². The van der Waals surface area contributed by atoms with Crippen molar-refractivity contribution < 1.29 is 8.42 Å². The molecule has 1 fully saturated rings. The minimum absolute atomic E-state index is 0.273. The number of rotatable bonds is 2. The second-order valence-corrected chi connectivity index (χ2v) is 8.28. The quantitative estimate of drug-likeness (QED) is 0.927. The minimum Gasteiger partial charge on any atom is -0.323 e. The van der Waals surface area contributed by atoms with Gasteiger partial charge in [0.1, 0.15) is 0 Å². The van der Waals surface area contributed by atoms with E-state index in [2.05, 4.69) is 13.0 Å². The molecule has 2 unspecified atom stereocenters. The molecule has 112 valence electrons. The number of sulfone groups is 1. The zero-order valence-corrected chi connectivity index (χ0v) is 13.1. The Hall–Kier alpha value is -1.39. The predicted octanol–water partition coefficient (Wildman–Crippen LogP) is 3.12. The Kier molecular flexibility index (Phi) is 3.76. The largest absolute Gasteiger partial charge is 0.323 e. The number of aryl methyl sites for hydroxylation is 1. The van der Waals surface area contributed by atoms with Crippen LogP contribution in [0.25, 0.3) is 10.8 Å². The van der Waals surface area contributed by atoms with Crippen LogP contribution in [-0.4, -0.2) is 19.4 Å². The molecule has 0 aliphatic carbocycles. The smallest absolute Gasteiger partial charge is 0.155 e. The second kappa shape index (κ2) is 5.43. The minimum atomic E-state index is -3.07. The summed E-state index contributed by atoms with van der Waals surface area (Å²) >= 11 is 0. The highest BCUT2D eigenvalue weighted by molar-refractivity contribution is 7.92. The molecule has 1 aliphatic heterocycles. The summed E-state index contributed by atoms with van der Waals surface area (Å²) in [6, 6.07) is 11.7. The third-order valence-electron chi connectivity index (χ3n) is 4.56. The average molecular weight is 303 g/mol. The first-order valence-corrected chi connectivity index (χ1v) is 9.17. The third-order valence-corrected chi connectivity index (χ3v) is 6.87. The second-order valence-electron chi connectivity index (χ2n) is 5.94. The highest BCUT2D eigenvalue weighted by atomic mass is 32.2. The van der Waals surface area contributed by atoms with Crippen LogP contribution in [0.3, 0.4) is 0 Å². The number of nitrogens with two attached hydrogens (primary N) is 1. The fraction of sp³-hybridized carbons (Fsp3) is 0.412. The maximum atomic E-state index is 12.3. The van der Waals surface area contributed by atoms with Gasteiger partial charge in [0.05, 0.1) is 11.0 Å². The monoisotopic (exact) mass is 303 g/mol. The summed E-state index contributed by atoms with van der Waals surface area (Å²) in [6.45, 7) is 2.06. The molecule has 2 atom stereocenters. The van der Waals surface area contributed by atoms with Crippen LogP contribution < -0.4 is 5.73 Å². The van der Waals surface area contributed by atoms with E-state index >= 15 is 0 Å². The number of hydrogen-bond donors (Lipinski definition) is 1. The lowest BCUT2D eigenvalue weighted by atomic mass is 9.93. The van der Waals surface area contributed by atoms with Crippen molar-refractivity contribution in [3.63, 3.8) is 0 Å². The molecule has 1 heterocycles. The first-order chi connectivity index (χ1) is 10.0. The maximum Gasteiger partial charge on any atom is 0.155 e. The molecule has 3 nitrogen and oxygen atoms in total. The lowest BCUT2D eigenvalue weighted by molar-refractivity contribution is 0.506. The first kappa shape index (κ1) is 14.5. The molecular formula is C17H21NO2S. The Labute approximate surface area is 126 Å². The van der Waals surface area contributed by atoms with E-state index in [9.17, 15) is 8.42 Å². The van der Waals surface area contributed by atoms with Gasteiger partial charge in [-0.25, -0.2) is 8.42 Å². The molecule has 1 saturated heterocycles. The molecule has 0 saturated carbocycles. The summed E-state index contributed by atoms with van der Waals surface area (Å²) in [7, 11) is -3.07. The number of fused-ring (bicyclic) bond motifs is 1. The van der Waals surface area contributed by atoms with Gasteiger partial charge < -0.3 is 5.73 Å². The van der Waals surface area contributed by atoms with E-state index in [1.54, 1.807) is 0 Å². The molecule has 0 spiro atoms. The fourth-order valence-corrected chi connectivity index (χ4v) is 5.38. The molecule has 4 heteroatoms. The molecule has 21 heavy (non-hydrogen) atoms. The van der Waals surface area contributed by atoms with Gasteiger partial charge in [-0.2, -0.15) is 0 Å². The van der Waals surface area contributed by atoms with Gasteiger partial charge in [-0.3, -0.25) is 0 Å². The van der Waals surface area contributed by atoms with Crippen molar-refractivity contribution in [2.75, 3.05) is 5.75 Å². The Morgan fingerprint density at radius 1 is 1.10 bits per heavy atom. The summed E-state index contributed by atoms with van der Waals surface area (Å²) in [5, 5.41) is 1.78. The molecule has 2 N–H and O–H groups in total. The van der Waals surface area contributed by atoms with Gasteiger partial charge in [0.25, 0.3) is 0 Å². The highest BCUT2D eigenvalue weighted by Gasteiger charge is 2.35. The van der Waals surface area contributed by atoms with Crippen LogP contribution in [0.4, 0.5) is 0 Å². The van der Waals surface area contributed by atoms with Gasteiger partial charge in [-0.1, -0.05) is 42.8 Å². The van der Waals surface area contributed by atoms with Crippen LogP contribution in [0.15, 0.2) is 36.4 Å². The number of hydrogen-bond acceptors (Lipinski definition) is 3. The fourth-order valence-electron chi connectivity index (χ4n) is 3.35. The molecule has 1 aliphatic rings. The average Bonchev–Trinajstić information content (AvgIpc) is 2.47. The summed E-state index contributed by atoms with van der Waals surface area (Å²) in [4.78, 5) is 0. The van der Waals surface area contributed by atoms with Gasteiger partial charge in [-0.05, 0) is 41.7 Å². The van der Waals surface area contributed by atoms with Crippen LogP contribution in [0.1, 0.15) is 36.4 Å². The van der Waals surface area contributed by atoms with Gasteiger partial charge in [0.2, 0.25) is 0 Å². The van der Waals surface area contributed by atoms with Crippen molar-refractivity contribution in [1.82, 2.24) is 0 Å². The molecule has 0 radical (unpaired) electrons. The summed E-state index contributed by atoms with van der Waals surface area (Å²) in [5.74, 6) is 0.273. The van der Waals surface area contributed by atoms with Crippen molar-refractivity contribution in [2.24, 2.45) is 5.73 Å². The van der Waals surface area contributed by atoms with Crippen LogP contribution in [0.5, 0.6) is 0 Å². The van der Waals surface area contributed by atoms with E-state index in [1.165, 1.54) is 5.56 Å². The van der Waals surface area contributed by atoms with E-state index < -0.39 is 21.1 Å². The van der Waals surface area contributed by atoms with E-state index in [4.69, 9.17) is 5.73 Å². The van der Waals surface area contributed by atoms with Crippen molar-refractivity contribution >= 4 is 20.6 Å². The van der Waals surface area contributed by atoms with Crippen molar-refractivity contribution in [3.8, 4) is 0 Å². The van der Waals surface area contributed by atoms with Crippen molar-refractivity contribution in [2.45, 2.75) is 37.5 Å².